The fourth-order valence-electron chi connectivity index (χ4n) is 0. The third-order valence-corrected chi connectivity index (χ3v) is 0. The fourth-order valence-corrected chi connectivity index (χ4v) is 0. The van der Waals surface area contributed by atoms with Crippen LogP contribution in [0.25, 0.3) is 0 Å². The zero-order valence-electron chi connectivity index (χ0n) is 5.31. The van der Waals surface area contributed by atoms with Gasteiger partial charge in [0.15, 0.2) is 0 Å². The predicted octanol–water partition coefficient (Wildman–Crippen LogP) is 0.352. The molecule has 0 spiro atoms. The van der Waals surface area contributed by atoms with Crippen molar-refractivity contribution >= 4 is 0 Å². The standard InChI is InChI=1S/C3H9N.C2H6O/c1-3(2)4;1-2-3/h3H,4H2,1-2H3;3H,2H2,1H3. The molecule has 0 unspecified atom stereocenters. The molecular formula is C5H15NO. The topological polar surface area (TPSA) is 46.2 Å². The second-order valence-corrected chi connectivity index (χ2v) is 1.56. The highest BCUT2D eigenvalue weighted by Crippen LogP contribution is 1.58. The predicted molar refractivity (Wildman–Crippen MR) is 32.1 cm³/mol. The van der Waals surface area contributed by atoms with Gasteiger partial charge in [-0.25, -0.2) is 0 Å². The van der Waals surface area contributed by atoms with Crippen molar-refractivity contribution in [2.75, 3.05) is 6.61 Å². The quantitative estimate of drug-likeness (QED) is 0.467. The monoisotopic (exact) mass is 105 g/mol. The van der Waals surface area contributed by atoms with E-state index in [2.05, 4.69) is 0 Å². The van der Waals surface area contributed by atoms with E-state index in [1.54, 1.807) is 6.92 Å². The smallest absolute Gasteiger partial charge is 0.0402 e. The average Bonchev–Trinajstić information content (AvgIpc) is 1.33. The fraction of sp³-hybridized carbons (Fsp3) is 1.00. The Bertz CT molecular complexity index is 19.3. The minimum atomic E-state index is 0.250. The Morgan fingerprint density at radius 1 is 1.57 bits per heavy atom. The van der Waals surface area contributed by atoms with Crippen LogP contribution in [0.2, 0.25) is 0 Å². The van der Waals surface area contributed by atoms with Crippen molar-refractivity contribution in [3.05, 3.63) is 0 Å². The summed E-state index contributed by atoms with van der Waals surface area (Å²) < 4.78 is 0. The van der Waals surface area contributed by atoms with Gasteiger partial charge >= 0.3 is 0 Å². The Labute approximate surface area is 45.3 Å². The van der Waals surface area contributed by atoms with E-state index in [9.17, 15) is 0 Å². The molecule has 0 aromatic rings. The molecule has 0 aliphatic rings. The summed E-state index contributed by atoms with van der Waals surface area (Å²) in [6.07, 6.45) is 0. The maximum Gasteiger partial charge on any atom is 0.0402 e. The number of aliphatic hydroxyl groups excluding tert-OH is 1. The molecule has 0 fully saturated rings. The maximum atomic E-state index is 7.57. The van der Waals surface area contributed by atoms with Crippen molar-refractivity contribution in [1.82, 2.24) is 0 Å². The summed E-state index contributed by atoms with van der Waals surface area (Å²) in [5.74, 6) is 0. The van der Waals surface area contributed by atoms with E-state index in [1.165, 1.54) is 0 Å². The molecule has 0 radical (unpaired) electrons. The molecule has 0 aliphatic heterocycles. The summed E-state index contributed by atoms with van der Waals surface area (Å²) in [4.78, 5) is 0. The van der Waals surface area contributed by atoms with E-state index in [-0.39, 0.29) is 6.61 Å². The Balaban J connectivity index is 0. The molecule has 2 nitrogen and oxygen atoms in total. The molecule has 0 heterocycles. The van der Waals surface area contributed by atoms with Crippen LogP contribution in [0.1, 0.15) is 20.8 Å². The van der Waals surface area contributed by atoms with Crippen LogP contribution in [-0.2, 0) is 0 Å². The van der Waals surface area contributed by atoms with Crippen molar-refractivity contribution in [2.45, 2.75) is 26.8 Å². The van der Waals surface area contributed by atoms with Crippen LogP contribution in [0, 0.1) is 0 Å². The summed E-state index contributed by atoms with van der Waals surface area (Å²) in [7, 11) is 0. The van der Waals surface area contributed by atoms with Gasteiger partial charge in [-0.05, 0) is 13.0 Å². The molecule has 0 rings (SSSR count). The Hall–Kier alpha value is -0.0800. The Morgan fingerprint density at radius 2 is 1.57 bits per heavy atom. The first-order valence-electron chi connectivity index (χ1n) is 2.51. The minimum Gasteiger partial charge on any atom is -0.397 e. The molecule has 0 saturated carbocycles. The molecule has 0 amide bonds. The van der Waals surface area contributed by atoms with E-state index in [0.29, 0.717) is 6.04 Å². The highest BCUT2D eigenvalue weighted by Gasteiger charge is 1.67. The van der Waals surface area contributed by atoms with Gasteiger partial charge in [0.1, 0.15) is 0 Å². The maximum absolute atomic E-state index is 7.57. The molecule has 0 aromatic carbocycles. The van der Waals surface area contributed by atoms with Gasteiger partial charge in [0, 0.05) is 6.61 Å². The van der Waals surface area contributed by atoms with Crippen molar-refractivity contribution in [2.24, 2.45) is 5.73 Å². The van der Waals surface area contributed by atoms with Crippen molar-refractivity contribution in [3.8, 4) is 0 Å². The van der Waals surface area contributed by atoms with E-state index < -0.39 is 0 Å². The summed E-state index contributed by atoms with van der Waals surface area (Å²) in [5, 5.41) is 7.57. The van der Waals surface area contributed by atoms with Gasteiger partial charge in [0.2, 0.25) is 0 Å². The first-order chi connectivity index (χ1) is 3.15. The molecule has 0 atom stereocenters. The van der Waals surface area contributed by atoms with E-state index >= 15 is 0 Å². The summed E-state index contributed by atoms with van der Waals surface area (Å²) in [5.41, 5.74) is 5.11. The van der Waals surface area contributed by atoms with Crippen LogP contribution >= 0.6 is 0 Å². The van der Waals surface area contributed by atoms with Crippen molar-refractivity contribution in [3.63, 3.8) is 0 Å². The second kappa shape index (κ2) is 9.33. The lowest BCUT2D eigenvalue weighted by Gasteiger charge is -1.81. The number of rotatable bonds is 0. The molecule has 46 valence electrons. The van der Waals surface area contributed by atoms with Crippen LogP contribution in [-0.4, -0.2) is 17.8 Å². The number of hydrogen-bond acceptors (Lipinski definition) is 2. The van der Waals surface area contributed by atoms with Gasteiger partial charge in [-0.15, -0.1) is 0 Å². The van der Waals surface area contributed by atoms with E-state index in [4.69, 9.17) is 10.8 Å². The van der Waals surface area contributed by atoms with Crippen molar-refractivity contribution in [1.29, 1.82) is 0 Å². The zero-order valence-corrected chi connectivity index (χ0v) is 5.31. The molecule has 2 heteroatoms. The Kier molecular flexibility index (Phi) is 13.3. The van der Waals surface area contributed by atoms with Crippen LogP contribution in [0.3, 0.4) is 0 Å². The largest absolute Gasteiger partial charge is 0.397 e. The zero-order chi connectivity index (χ0) is 6.28. The molecule has 7 heavy (non-hydrogen) atoms. The normalized spacial score (nSPS) is 7.71. The first kappa shape index (κ1) is 10.0. The lowest BCUT2D eigenvalue weighted by molar-refractivity contribution is 0.318. The van der Waals surface area contributed by atoms with Gasteiger partial charge in [0.25, 0.3) is 0 Å². The van der Waals surface area contributed by atoms with E-state index in [1.807, 2.05) is 13.8 Å². The van der Waals surface area contributed by atoms with Gasteiger partial charge in [-0.3, -0.25) is 0 Å². The molecule has 0 saturated heterocycles. The number of aliphatic hydroxyl groups is 1. The SMILES string of the molecule is CC(C)N.CCO. The third-order valence-electron chi connectivity index (χ3n) is 0. The van der Waals surface area contributed by atoms with Gasteiger partial charge in [0.05, 0.1) is 0 Å². The first-order valence-corrected chi connectivity index (χ1v) is 2.51. The lowest BCUT2D eigenvalue weighted by Crippen LogP contribution is -2.06. The minimum absolute atomic E-state index is 0.250. The van der Waals surface area contributed by atoms with Crippen LogP contribution in [0.4, 0.5) is 0 Å². The molecule has 0 aliphatic carbocycles. The summed E-state index contributed by atoms with van der Waals surface area (Å²) in [6.45, 7) is 5.82. The number of nitrogens with two attached hydrogens (primary N) is 1. The van der Waals surface area contributed by atoms with Gasteiger partial charge < -0.3 is 10.8 Å². The lowest BCUT2D eigenvalue weighted by atomic mass is 10.5. The van der Waals surface area contributed by atoms with Crippen LogP contribution in [0.15, 0.2) is 0 Å². The Morgan fingerprint density at radius 3 is 1.57 bits per heavy atom. The summed E-state index contributed by atoms with van der Waals surface area (Å²) in [6, 6.07) is 0.333. The highest BCUT2D eigenvalue weighted by molar-refractivity contribution is 4.32. The molecule has 3 N–H and O–H groups in total. The van der Waals surface area contributed by atoms with Gasteiger partial charge in [-0.1, -0.05) is 13.8 Å². The number of hydrogen-bond donors (Lipinski definition) is 2. The molecular weight excluding hydrogens is 90.1 g/mol. The van der Waals surface area contributed by atoms with E-state index in [0.717, 1.165) is 0 Å². The van der Waals surface area contributed by atoms with Crippen LogP contribution in [0.5, 0.6) is 0 Å². The van der Waals surface area contributed by atoms with Crippen LogP contribution < -0.4 is 5.73 Å². The second-order valence-electron chi connectivity index (χ2n) is 1.56. The third kappa shape index (κ3) is 14200. The highest BCUT2D eigenvalue weighted by atomic mass is 16.2. The average molecular weight is 105 g/mol. The molecule has 0 bridgehead atoms. The van der Waals surface area contributed by atoms with Crippen molar-refractivity contribution < 1.29 is 5.11 Å². The molecule has 0 aromatic heterocycles. The van der Waals surface area contributed by atoms with Gasteiger partial charge in [-0.2, -0.15) is 0 Å². The summed E-state index contributed by atoms with van der Waals surface area (Å²) >= 11 is 0.